The minimum atomic E-state index is -0.407. The molecule has 0 spiro atoms. The number of ether oxygens (including phenoxy) is 1. The average Bonchev–Trinajstić information content (AvgIpc) is 2.55. The summed E-state index contributed by atoms with van der Waals surface area (Å²) in [6.07, 6.45) is 1.64. The van der Waals surface area contributed by atoms with Crippen molar-refractivity contribution in [2.45, 2.75) is 26.7 Å². The summed E-state index contributed by atoms with van der Waals surface area (Å²) >= 11 is 0. The number of rotatable bonds is 6. The van der Waals surface area contributed by atoms with Crippen molar-refractivity contribution in [2.24, 2.45) is 5.92 Å². The van der Waals surface area contributed by atoms with Gasteiger partial charge in [-0.25, -0.2) is 0 Å². The van der Waals surface area contributed by atoms with Crippen LogP contribution in [-0.2, 0) is 4.79 Å². The molecule has 2 rings (SSSR count). The molecule has 1 aliphatic heterocycles. The van der Waals surface area contributed by atoms with E-state index in [1.165, 1.54) is 0 Å². The van der Waals surface area contributed by atoms with E-state index in [1.54, 1.807) is 25.1 Å². The van der Waals surface area contributed by atoms with Crippen LogP contribution in [0, 0.1) is 16.0 Å². The molecule has 0 aliphatic carbocycles. The van der Waals surface area contributed by atoms with Crippen LogP contribution >= 0.6 is 0 Å². The molecular formula is C16H23N3O4. The Kier molecular flexibility index (Phi) is 5.78. The van der Waals surface area contributed by atoms with Gasteiger partial charge < -0.3 is 15.0 Å². The van der Waals surface area contributed by atoms with Crippen LogP contribution in [-0.4, -0.2) is 37.1 Å². The maximum absolute atomic E-state index is 12.1. The molecule has 0 radical (unpaired) electrons. The van der Waals surface area contributed by atoms with Gasteiger partial charge in [-0.1, -0.05) is 6.07 Å². The Balaban J connectivity index is 2.28. The van der Waals surface area contributed by atoms with E-state index in [9.17, 15) is 14.9 Å². The molecule has 7 heteroatoms. The van der Waals surface area contributed by atoms with Gasteiger partial charge in [0.05, 0.1) is 17.4 Å². The van der Waals surface area contributed by atoms with Gasteiger partial charge in [-0.3, -0.25) is 14.9 Å². The Morgan fingerprint density at radius 2 is 2.26 bits per heavy atom. The fourth-order valence-electron chi connectivity index (χ4n) is 2.95. The van der Waals surface area contributed by atoms with Crippen LogP contribution in [0.25, 0.3) is 0 Å². The average molecular weight is 321 g/mol. The van der Waals surface area contributed by atoms with Crippen LogP contribution in [0.1, 0.15) is 26.7 Å². The predicted molar refractivity (Wildman–Crippen MR) is 87.9 cm³/mol. The van der Waals surface area contributed by atoms with Crippen LogP contribution in [0.2, 0.25) is 0 Å². The molecule has 1 aliphatic rings. The van der Waals surface area contributed by atoms with Crippen LogP contribution in [0.4, 0.5) is 11.4 Å². The van der Waals surface area contributed by atoms with Gasteiger partial charge in [-0.05, 0) is 38.8 Å². The van der Waals surface area contributed by atoms with E-state index in [-0.39, 0.29) is 23.3 Å². The van der Waals surface area contributed by atoms with E-state index in [0.29, 0.717) is 31.9 Å². The first kappa shape index (κ1) is 17.1. The van der Waals surface area contributed by atoms with Crippen molar-refractivity contribution in [3.63, 3.8) is 0 Å². The van der Waals surface area contributed by atoms with Crippen molar-refractivity contribution in [2.75, 3.05) is 31.1 Å². The summed E-state index contributed by atoms with van der Waals surface area (Å²) in [4.78, 5) is 25.1. The van der Waals surface area contributed by atoms with Crippen molar-refractivity contribution in [3.05, 3.63) is 28.3 Å². The minimum absolute atomic E-state index is 0.0146. The lowest BCUT2D eigenvalue weighted by atomic mass is 9.96. The first-order valence-corrected chi connectivity index (χ1v) is 8.01. The number of amides is 1. The molecule has 1 fully saturated rings. The molecule has 1 N–H and O–H groups in total. The highest BCUT2D eigenvalue weighted by Crippen LogP contribution is 2.38. The van der Waals surface area contributed by atoms with E-state index in [0.717, 1.165) is 12.8 Å². The van der Waals surface area contributed by atoms with Gasteiger partial charge in [0.1, 0.15) is 5.69 Å². The second-order valence-electron chi connectivity index (χ2n) is 5.49. The lowest BCUT2D eigenvalue weighted by Crippen LogP contribution is -2.43. The highest BCUT2D eigenvalue weighted by Gasteiger charge is 2.31. The van der Waals surface area contributed by atoms with Gasteiger partial charge in [0, 0.05) is 19.6 Å². The maximum atomic E-state index is 12.1. The summed E-state index contributed by atoms with van der Waals surface area (Å²) in [6.45, 7) is 5.83. The Bertz CT molecular complexity index is 576. The predicted octanol–water partition coefficient (Wildman–Crippen LogP) is 2.35. The van der Waals surface area contributed by atoms with Crippen molar-refractivity contribution in [3.8, 4) is 5.75 Å². The molecule has 1 heterocycles. The molecule has 1 aromatic rings. The number of anilines is 1. The van der Waals surface area contributed by atoms with Gasteiger partial charge in [0.15, 0.2) is 5.75 Å². The van der Waals surface area contributed by atoms with E-state index < -0.39 is 4.92 Å². The number of benzene rings is 1. The Morgan fingerprint density at radius 3 is 2.91 bits per heavy atom. The largest absolute Gasteiger partial charge is 0.487 e. The number of hydrogen-bond acceptors (Lipinski definition) is 5. The van der Waals surface area contributed by atoms with Crippen molar-refractivity contribution in [1.29, 1.82) is 0 Å². The van der Waals surface area contributed by atoms with Gasteiger partial charge in [-0.2, -0.15) is 0 Å². The van der Waals surface area contributed by atoms with E-state index in [4.69, 9.17) is 4.74 Å². The van der Waals surface area contributed by atoms with Crippen molar-refractivity contribution >= 4 is 17.3 Å². The van der Waals surface area contributed by atoms with Crippen LogP contribution in [0.15, 0.2) is 18.2 Å². The number of nitrogens with zero attached hydrogens (tertiary/aromatic N) is 2. The molecular weight excluding hydrogens is 298 g/mol. The van der Waals surface area contributed by atoms with Gasteiger partial charge in [0.2, 0.25) is 5.91 Å². The van der Waals surface area contributed by atoms with E-state index >= 15 is 0 Å². The normalized spacial score (nSPS) is 17.7. The summed E-state index contributed by atoms with van der Waals surface area (Å²) in [7, 11) is 0. The monoisotopic (exact) mass is 321 g/mol. The van der Waals surface area contributed by atoms with Crippen molar-refractivity contribution < 1.29 is 14.5 Å². The van der Waals surface area contributed by atoms with E-state index in [2.05, 4.69) is 5.32 Å². The third-order valence-corrected chi connectivity index (χ3v) is 3.94. The highest BCUT2D eigenvalue weighted by molar-refractivity contribution is 5.80. The molecule has 0 bridgehead atoms. The third-order valence-electron chi connectivity index (χ3n) is 3.94. The zero-order chi connectivity index (χ0) is 16.8. The summed E-state index contributed by atoms with van der Waals surface area (Å²) in [5, 5.41) is 14.3. The number of carbonyl (C=O) groups is 1. The SMILES string of the molecule is CCNC(=O)C1CCCN(c2cccc(OCC)c2[N+](=O)[O-])C1. The number of carbonyl (C=O) groups excluding carboxylic acids is 1. The smallest absolute Gasteiger partial charge is 0.333 e. The fourth-order valence-corrected chi connectivity index (χ4v) is 2.95. The summed E-state index contributed by atoms with van der Waals surface area (Å²) in [6, 6.07) is 5.08. The van der Waals surface area contributed by atoms with Gasteiger partial charge >= 0.3 is 5.69 Å². The summed E-state index contributed by atoms with van der Waals surface area (Å²) in [5.41, 5.74) is 0.501. The number of nitro groups is 1. The Labute approximate surface area is 135 Å². The molecule has 1 saturated heterocycles. The molecule has 1 atom stereocenters. The second-order valence-corrected chi connectivity index (χ2v) is 5.49. The maximum Gasteiger partial charge on any atom is 0.333 e. The molecule has 1 aromatic carbocycles. The second kappa shape index (κ2) is 7.80. The molecule has 23 heavy (non-hydrogen) atoms. The van der Waals surface area contributed by atoms with Crippen LogP contribution in [0.3, 0.4) is 0 Å². The number of nitrogens with one attached hydrogen (secondary N) is 1. The molecule has 1 unspecified atom stereocenters. The lowest BCUT2D eigenvalue weighted by Gasteiger charge is -2.33. The quantitative estimate of drug-likeness (QED) is 0.642. The van der Waals surface area contributed by atoms with Crippen LogP contribution < -0.4 is 15.0 Å². The first-order valence-electron chi connectivity index (χ1n) is 8.01. The lowest BCUT2D eigenvalue weighted by molar-refractivity contribution is -0.385. The molecule has 7 nitrogen and oxygen atoms in total. The number of piperidine rings is 1. The summed E-state index contributed by atoms with van der Waals surface area (Å²) in [5.74, 6) is 0.148. The zero-order valence-electron chi connectivity index (χ0n) is 13.6. The molecule has 1 amide bonds. The van der Waals surface area contributed by atoms with Crippen LogP contribution in [0.5, 0.6) is 5.75 Å². The number of nitro benzene ring substituents is 1. The number of hydrogen-bond donors (Lipinski definition) is 1. The minimum Gasteiger partial charge on any atom is -0.487 e. The van der Waals surface area contributed by atoms with Crippen molar-refractivity contribution in [1.82, 2.24) is 5.32 Å². The zero-order valence-corrected chi connectivity index (χ0v) is 13.6. The summed E-state index contributed by atoms with van der Waals surface area (Å²) < 4.78 is 5.40. The fraction of sp³-hybridized carbons (Fsp3) is 0.562. The van der Waals surface area contributed by atoms with Gasteiger partial charge in [-0.15, -0.1) is 0 Å². The molecule has 126 valence electrons. The Morgan fingerprint density at radius 1 is 1.48 bits per heavy atom. The molecule has 0 saturated carbocycles. The molecule has 0 aromatic heterocycles. The first-order chi connectivity index (χ1) is 11.1. The highest BCUT2D eigenvalue weighted by atomic mass is 16.6. The number of para-hydroxylation sites is 1. The third kappa shape index (κ3) is 3.91. The van der Waals surface area contributed by atoms with Gasteiger partial charge in [0.25, 0.3) is 0 Å². The van der Waals surface area contributed by atoms with E-state index in [1.807, 2.05) is 11.8 Å². The topological polar surface area (TPSA) is 84.7 Å². The Hall–Kier alpha value is -2.31. The standard InChI is InChI=1S/C16H23N3O4/c1-3-17-16(20)12-7-6-10-18(11-12)13-8-5-9-14(23-4-2)15(13)19(21)22/h5,8-9,12H,3-4,6-7,10-11H2,1-2H3,(H,17,20).